The lowest BCUT2D eigenvalue weighted by Gasteiger charge is -2.08. The molecule has 2 aromatic heterocycles. The number of ether oxygens (including phenoxy) is 1. The highest BCUT2D eigenvalue weighted by Crippen LogP contribution is 2.31. The van der Waals surface area contributed by atoms with E-state index in [1.54, 1.807) is 0 Å². The molecule has 148 valence electrons. The van der Waals surface area contributed by atoms with Crippen LogP contribution in [0.5, 0.6) is 5.75 Å². The van der Waals surface area contributed by atoms with Crippen LogP contribution in [0.3, 0.4) is 0 Å². The quantitative estimate of drug-likeness (QED) is 0.683. The highest BCUT2D eigenvalue weighted by Gasteiger charge is 2.31. The molecule has 3 rings (SSSR count). The number of benzene rings is 1. The number of amides is 1. The number of halogens is 3. The Kier molecular flexibility index (Phi) is 5.36. The van der Waals surface area contributed by atoms with Gasteiger partial charge in [-0.05, 0) is 18.2 Å². The topological polar surface area (TPSA) is 81.9 Å². The summed E-state index contributed by atoms with van der Waals surface area (Å²) < 4.78 is 45.1. The van der Waals surface area contributed by atoms with Crippen molar-refractivity contribution in [3.8, 4) is 11.4 Å². The smallest absolute Gasteiger partial charge is 0.416 e. The summed E-state index contributed by atoms with van der Waals surface area (Å²) in [6.45, 7) is 3.90. The van der Waals surface area contributed by atoms with Crippen LogP contribution in [0.15, 0.2) is 30.5 Å². The van der Waals surface area contributed by atoms with Crippen molar-refractivity contribution >= 4 is 22.4 Å². The molecular weight excluding hydrogens is 395 g/mol. The predicted octanol–water partition coefficient (Wildman–Crippen LogP) is 4.13. The van der Waals surface area contributed by atoms with Gasteiger partial charge in [0.2, 0.25) is 5.13 Å². The lowest BCUT2D eigenvalue weighted by molar-refractivity contribution is -0.137. The van der Waals surface area contributed by atoms with Crippen LogP contribution in [0.4, 0.5) is 18.3 Å². The number of carbonyl (C=O) groups is 1. The molecule has 0 bridgehead atoms. The molecule has 0 atom stereocenters. The van der Waals surface area contributed by atoms with E-state index < -0.39 is 17.6 Å². The molecule has 2 heterocycles. The molecule has 11 heteroatoms. The second-order valence-electron chi connectivity index (χ2n) is 6.09. The lowest BCUT2D eigenvalue weighted by Crippen LogP contribution is -2.14. The minimum atomic E-state index is -4.49. The van der Waals surface area contributed by atoms with Crippen LogP contribution in [0.25, 0.3) is 5.69 Å². The minimum Gasteiger partial charge on any atom is -0.493 e. The third-order valence-corrected chi connectivity index (χ3v) is 4.85. The van der Waals surface area contributed by atoms with Crippen molar-refractivity contribution in [2.75, 3.05) is 12.4 Å². The van der Waals surface area contributed by atoms with Gasteiger partial charge in [-0.2, -0.15) is 18.3 Å². The monoisotopic (exact) mass is 411 g/mol. The van der Waals surface area contributed by atoms with Gasteiger partial charge in [0.15, 0.2) is 11.4 Å². The molecule has 0 radical (unpaired) electrons. The molecule has 0 saturated carbocycles. The van der Waals surface area contributed by atoms with E-state index in [1.807, 2.05) is 13.8 Å². The van der Waals surface area contributed by atoms with E-state index in [-0.39, 0.29) is 23.0 Å². The molecule has 0 aliphatic carbocycles. The van der Waals surface area contributed by atoms with Crippen molar-refractivity contribution in [1.29, 1.82) is 0 Å². The highest BCUT2D eigenvalue weighted by atomic mass is 32.1. The van der Waals surface area contributed by atoms with Crippen molar-refractivity contribution in [2.45, 2.75) is 25.9 Å². The number of hydrogen-bond donors (Lipinski definition) is 1. The Morgan fingerprint density at radius 3 is 2.64 bits per heavy atom. The first-order chi connectivity index (χ1) is 13.2. The molecule has 0 saturated heterocycles. The van der Waals surface area contributed by atoms with Gasteiger partial charge in [-0.1, -0.05) is 31.3 Å². The number of hydrogen-bond acceptors (Lipinski definition) is 6. The van der Waals surface area contributed by atoms with Gasteiger partial charge in [-0.25, -0.2) is 4.68 Å². The average Bonchev–Trinajstić information content (AvgIpc) is 3.28. The molecule has 0 fully saturated rings. The molecule has 0 aliphatic rings. The number of aromatic nitrogens is 4. The number of anilines is 1. The van der Waals surface area contributed by atoms with Crippen molar-refractivity contribution in [3.05, 3.63) is 46.7 Å². The summed E-state index contributed by atoms with van der Waals surface area (Å²) in [6, 6.07) is 4.61. The van der Waals surface area contributed by atoms with Crippen LogP contribution in [0.1, 0.15) is 40.8 Å². The van der Waals surface area contributed by atoms with Crippen LogP contribution in [0.2, 0.25) is 0 Å². The third-order valence-electron chi connectivity index (χ3n) is 3.71. The van der Waals surface area contributed by atoms with E-state index in [4.69, 9.17) is 4.74 Å². The molecule has 1 aromatic carbocycles. The van der Waals surface area contributed by atoms with Gasteiger partial charge in [0.05, 0.1) is 24.6 Å². The molecule has 3 aromatic rings. The second-order valence-corrected chi connectivity index (χ2v) is 7.10. The molecule has 0 aliphatic heterocycles. The van der Waals surface area contributed by atoms with Gasteiger partial charge >= 0.3 is 6.18 Å². The first-order valence-corrected chi connectivity index (χ1v) is 8.96. The summed E-state index contributed by atoms with van der Waals surface area (Å²) in [6.07, 6.45) is -3.15. The first-order valence-electron chi connectivity index (χ1n) is 8.15. The van der Waals surface area contributed by atoms with Gasteiger partial charge < -0.3 is 4.74 Å². The number of nitrogens with zero attached hydrogens (tertiary/aromatic N) is 4. The fourth-order valence-corrected chi connectivity index (χ4v) is 3.04. The predicted molar refractivity (Wildman–Crippen MR) is 97.1 cm³/mol. The number of methoxy groups -OCH3 is 1. The standard InChI is InChI=1S/C17H16F3N5O2S/c1-9(2)15-22-23-16(28-15)21-14(26)13-12(27-3)8-25(24-13)11-6-4-5-10(7-11)17(18,19)20/h4-9H,1-3H3,(H,21,23,26). The van der Waals surface area contributed by atoms with Crippen molar-refractivity contribution in [2.24, 2.45) is 0 Å². The Hall–Kier alpha value is -2.95. The van der Waals surface area contributed by atoms with E-state index in [1.165, 1.54) is 36.8 Å². The molecular formula is C17H16F3N5O2S. The zero-order valence-electron chi connectivity index (χ0n) is 15.1. The van der Waals surface area contributed by atoms with Crippen molar-refractivity contribution < 1.29 is 22.7 Å². The maximum atomic E-state index is 12.9. The number of rotatable bonds is 5. The second kappa shape index (κ2) is 7.58. The van der Waals surface area contributed by atoms with E-state index in [0.717, 1.165) is 21.8 Å². The van der Waals surface area contributed by atoms with Crippen LogP contribution in [-0.4, -0.2) is 33.0 Å². The van der Waals surface area contributed by atoms with Gasteiger partial charge in [0, 0.05) is 5.92 Å². The zero-order chi connectivity index (χ0) is 20.5. The van der Waals surface area contributed by atoms with E-state index in [2.05, 4.69) is 20.6 Å². The normalized spacial score (nSPS) is 11.7. The summed E-state index contributed by atoms with van der Waals surface area (Å²) >= 11 is 1.23. The maximum absolute atomic E-state index is 12.9. The Morgan fingerprint density at radius 2 is 2.04 bits per heavy atom. The first kappa shape index (κ1) is 19.8. The Balaban J connectivity index is 1.89. The highest BCUT2D eigenvalue weighted by molar-refractivity contribution is 7.15. The summed E-state index contributed by atoms with van der Waals surface area (Å²) in [4.78, 5) is 12.5. The number of alkyl halides is 3. The SMILES string of the molecule is COc1cn(-c2cccc(C(F)(F)F)c2)nc1C(=O)Nc1nnc(C(C)C)s1. The molecule has 0 unspecified atom stereocenters. The van der Waals surface area contributed by atoms with Crippen LogP contribution in [-0.2, 0) is 6.18 Å². The summed E-state index contributed by atoms with van der Waals surface area (Å²) in [5, 5.41) is 15.6. The molecule has 0 spiro atoms. The van der Waals surface area contributed by atoms with E-state index in [0.29, 0.717) is 5.13 Å². The summed E-state index contributed by atoms with van der Waals surface area (Å²) in [5.41, 5.74) is -0.757. The number of carbonyl (C=O) groups excluding carboxylic acids is 1. The fourth-order valence-electron chi connectivity index (χ4n) is 2.30. The Labute approximate surface area is 162 Å². The Bertz CT molecular complexity index is 997. The van der Waals surface area contributed by atoms with E-state index in [9.17, 15) is 18.0 Å². The van der Waals surface area contributed by atoms with E-state index >= 15 is 0 Å². The van der Waals surface area contributed by atoms with Gasteiger partial charge in [-0.3, -0.25) is 10.1 Å². The lowest BCUT2D eigenvalue weighted by atomic mass is 10.2. The fraction of sp³-hybridized carbons (Fsp3) is 0.294. The molecule has 1 amide bonds. The molecule has 28 heavy (non-hydrogen) atoms. The Morgan fingerprint density at radius 1 is 1.29 bits per heavy atom. The van der Waals surface area contributed by atoms with Crippen LogP contribution in [0, 0.1) is 0 Å². The molecule has 1 N–H and O–H groups in total. The van der Waals surface area contributed by atoms with Crippen LogP contribution >= 0.6 is 11.3 Å². The minimum absolute atomic E-state index is 0.0822. The van der Waals surface area contributed by atoms with Crippen molar-refractivity contribution in [3.63, 3.8) is 0 Å². The van der Waals surface area contributed by atoms with Gasteiger partial charge in [-0.15, -0.1) is 10.2 Å². The van der Waals surface area contributed by atoms with Gasteiger partial charge in [0.1, 0.15) is 5.01 Å². The van der Waals surface area contributed by atoms with Gasteiger partial charge in [0.25, 0.3) is 5.91 Å². The zero-order valence-corrected chi connectivity index (χ0v) is 15.9. The summed E-state index contributed by atoms with van der Waals surface area (Å²) in [7, 11) is 1.34. The molecule has 7 nitrogen and oxygen atoms in total. The third kappa shape index (κ3) is 4.14. The van der Waals surface area contributed by atoms with Crippen molar-refractivity contribution in [1.82, 2.24) is 20.0 Å². The largest absolute Gasteiger partial charge is 0.493 e. The van der Waals surface area contributed by atoms with Crippen LogP contribution < -0.4 is 10.1 Å². The summed E-state index contributed by atoms with van der Waals surface area (Å²) in [5.74, 6) is -0.324. The maximum Gasteiger partial charge on any atom is 0.416 e. The average molecular weight is 411 g/mol. The number of nitrogens with one attached hydrogen (secondary N) is 1.